The Kier molecular flexibility index (Phi) is 5.78. The molecule has 0 saturated carbocycles. The molecule has 152 valence electrons. The van der Waals surface area contributed by atoms with Gasteiger partial charge in [0.25, 0.3) is 11.8 Å². The molecule has 0 fully saturated rings. The number of rotatable bonds is 5. The summed E-state index contributed by atoms with van der Waals surface area (Å²) < 4.78 is 5.38. The van der Waals surface area contributed by atoms with Gasteiger partial charge in [0.15, 0.2) is 0 Å². The summed E-state index contributed by atoms with van der Waals surface area (Å²) in [5, 5.41) is 0.772. The van der Waals surface area contributed by atoms with Crippen LogP contribution in [0.15, 0.2) is 64.1 Å². The van der Waals surface area contributed by atoms with E-state index in [1.165, 1.54) is 16.7 Å². The average Bonchev–Trinajstić information content (AvgIpc) is 3.26. The molecule has 2 amide bonds. The van der Waals surface area contributed by atoms with Gasteiger partial charge in [-0.2, -0.15) is 0 Å². The smallest absolute Gasteiger partial charge is 0.272 e. The molecule has 0 radical (unpaired) electrons. The van der Waals surface area contributed by atoms with Crippen LogP contribution in [-0.2, 0) is 15.3 Å². The zero-order valence-corrected chi connectivity index (χ0v) is 18.6. The number of imide groups is 1. The van der Waals surface area contributed by atoms with E-state index in [-0.39, 0.29) is 11.5 Å². The van der Waals surface area contributed by atoms with E-state index in [2.05, 4.69) is 0 Å². The SMILES string of the molecule is Cc1cc(C)cc(N2C(=O)C(SCc3ccco3)=C(c3ccc(Cl)cc3Cl)C2=O)c1. The van der Waals surface area contributed by atoms with Crippen LogP contribution in [0, 0.1) is 13.8 Å². The normalized spacial score (nSPS) is 14.2. The fourth-order valence-corrected chi connectivity index (χ4v) is 4.94. The van der Waals surface area contributed by atoms with Gasteiger partial charge in [-0.15, -0.1) is 11.8 Å². The lowest BCUT2D eigenvalue weighted by Gasteiger charge is -2.17. The van der Waals surface area contributed by atoms with Crippen molar-refractivity contribution < 1.29 is 14.0 Å². The number of benzene rings is 2. The first-order chi connectivity index (χ1) is 14.3. The summed E-state index contributed by atoms with van der Waals surface area (Å²) in [5.41, 5.74) is 3.23. The van der Waals surface area contributed by atoms with Gasteiger partial charge in [-0.05, 0) is 61.4 Å². The van der Waals surface area contributed by atoms with Gasteiger partial charge in [0.1, 0.15) is 5.76 Å². The van der Waals surface area contributed by atoms with Crippen LogP contribution >= 0.6 is 35.0 Å². The minimum absolute atomic E-state index is 0.275. The third-order valence-corrected chi connectivity index (χ3v) is 6.29. The summed E-state index contributed by atoms with van der Waals surface area (Å²) in [7, 11) is 0. The molecule has 2 heterocycles. The second kappa shape index (κ2) is 8.34. The molecule has 4 rings (SSSR count). The van der Waals surface area contributed by atoms with E-state index in [0.717, 1.165) is 11.1 Å². The zero-order chi connectivity index (χ0) is 21.4. The van der Waals surface area contributed by atoms with Gasteiger partial charge < -0.3 is 4.42 Å². The largest absolute Gasteiger partial charge is 0.468 e. The number of anilines is 1. The third-order valence-electron chi connectivity index (χ3n) is 4.65. The Bertz CT molecular complexity index is 1160. The van der Waals surface area contributed by atoms with Crippen molar-refractivity contribution >= 4 is 58.0 Å². The summed E-state index contributed by atoms with van der Waals surface area (Å²) in [6.45, 7) is 3.86. The number of aryl methyl sites for hydroxylation is 2. The molecular weight excluding hydrogens is 441 g/mol. The summed E-state index contributed by atoms with van der Waals surface area (Å²) in [4.78, 5) is 28.4. The molecule has 30 heavy (non-hydrogen) atoms. The molecule has 0 bridgehead atoms. The van der Waals surface area contributed by atoms with Crippen LogP contribution in [0.25, 0.3) is 5.57 Å². The van der Waals surface area contributed by atoms with Gasteiger partial charge in [0.2, 0.25) is 0 Å². The maximum Gasteiger partial charge on any atom is 0.272 e. The highest BCUT2D eigenvalue weighted by Gasteiger charge is 2.41. The molecule has 4 nitrogen and oxygen atoms in total. The van der Waals surface area contributed by atoms with Gasteiger partial charge in [0, 0.05) is 10.6 Å². The molecule has 0 aliphatic carbocycles. The van der Waals surface area contributed by atoms with E-state index >= 15 is 0 Å². The standard InChI is InChI=1S/C23H17Cl2NO3S/c1-13-8-14(2)10-16(9-13)26-22(27)20(18-6-5-15(24)11-19(18)25)21(23(26)28)30-12-17-4-3-7-29-17/h3-11H,12H2,1-2H3. The van der Waals surface area contributed by atoms with E-state index in [1.807, 2.05) is 38.1 Å². The van der Waals surface area contributed by atoms with Crippen LogP contribution in [-0.4, -0.2) is 11.8 Å². The molecule has 1 aliphatic heterocycles. The second-order valence-corrected chi connectivity index (χ2v) is 8.82. The van der Waals surface area contributed by atoms with Crippen molar-refractivity contribution in [2.45, 2.75) is 19.6 Å². The number of furan rings is 1. The van der Waals surface area contributed by atoms with E-state index in [0.29, 0.717) is 37.7 Å². The fraction of sp³-hybridized carbons (Fsp3) is 0.130. The van der Waals surface area contributed by atoms with Crippen LogP contribution in [0.1, 0.15) is 22.5 Å². The van der Waals surface area contributed by atoms with E-state index in [9.17, 15) is 9.59 Å². The van der Waals surface area contributed by atoms with Crippen molar-refractivity contribution in [2.24, 2.45) is 0 Å². The number of nitrogens with zero attached hydrogens (tertiary/aromatic N) is 1. The fourth-order valence-electron chi connectivity index (χ4n) is 3.43. The molecule has 0 atom stereocenters. The maximum atomic E-state index is 13.5. The summed E-state index contributed by atoms with van der Waals surface area (Å²) in [6, 6.07) is 14.1. The Morgan fingerprint density at radius 3 is 2.33 bits per heavy atom. The molecule has 0 unspecified atom stereocenters. The van der Waals surface area contributed by atoms with E-state index in [1.54, 1.807) is 30.5 Å². The maximum absolute atomic E-state index is 13.5. The first kappa shape index (κ1) is 20.8. The number of carbonyl (C=O) groups is 2. The highest BCUT2D eigenvalue weighted by molar-refractivity contribution is 8.03. The zero-order valence-electron chi connectivity index (χ0n) is 16.2. The lowest BCUT2D eigenvalue weighted by Crippen LogP contribution is -2.31. The molecule has 7 heteroatoms. The quantitative estimate of drug-likeness (QED) is 0.414. The van der Waals surface area contributed by atoms with E-state index < -0.39 is 5.91 Å². The Hall–Kier alpha value is -2.47. The molecule has 2 aromatic carbocycles. The molecule has 0 spiro atoms. The Morgan fingerprint density at radius 1 is 0.967 bits per heavy atom. The minimum atomic E-state index is -0.406. The molecule has 3 aromatic rings. The van der Waals surface area contributed by atoms with Gasteiger partial charge in [-0.1, -0.05) is 35.3 Å². The number of hydrogen-bond donors (Lipinski definition) is 0. The first-order valence-electron chi connectivity index (χ1n) is 9.17. The minimum Gasteiger partial charge on any atom is -0.468 e. The Balaban J connectivity index is 1.81. The van der Waals surface area contributed by atoms with Crippen molar-refractivity contribution in [3.8, 4) is 0 Å². The van der Waals surface area contributed by atoms with Gasteiger partial charge in [-0.25, -0.2) is 4.90 Å². The average molecular weight is 458 g/mol. The molecular formula is C23H17Cl2NO3S. The van der Waals surface area contributed by atoms with Crippen LogP contribution in [0.3, 0.4) is 0 Å². The molecule has 0 N–H and O–H groups in total. The molecule has 1 aromatic heterocycles. The third kappa shape index (κ3) is 3.93. The number of halogens is 2. The number of carbonyl (C=O) groups excluding carboxylic acids is 2. The van der Waals surface area contributed by atoms with Crippen LogP contribution in [0.4, 0.5) is 5.69 Å². The topological polar surface area (TPSA) is 50.5 Å². The second-order valence-electron chi connectivity index (χ2n) is 6.99. The number of amides is 2. The molecule has 0 saturated heterocycles. The van der Waals surface area contributed by atoms with Crippen LogP contribution in [0.2, 0.25) is 10.0 Å². The van der Waals surface area contributed by atoms with Crippen molar-refractivity contribution in [1.82, 2.24) is 0 Å². The highest BCUT2D eigenvalue weighted by Crippen LogP contribution is 2.42. The van der Waals surface area contributed by atoms with E-state index in [4.69, 9.17) is 27.6 Å². The Morgan fingerprint density at radius 2 is 1.70 bits per heavy atom. The van der Waals surface area contributed by atoms with Crippen molar-refractivity contribution in [1.29, 1.82) is 0 Å². The predicted molar refractivity (Wildman–Crippen MR) is 122 cm³/mol. The predicted octanol–water partition coefficient (Wildman–Crippen LogP) is 6.42. The monoisotopic (exact) mass is 457 g/mol. The van der Waals surface area contributed by atoms with Crippen molar-refractivity contribution in [3.05, 3.63) is 92.2 Å². The van der Waals surface area contributed by atoms with Crippen LogP contribution < -0.4 is 4.90 Å². The lowest BCUT2D eigenvalue weighted by molar-refractivity contribution is -0.119. The van der Waals surface area contributed by atoms with Crippen molar-refractivity contribution in [3.63, 3.8) is 0 Å². The van der Waals surface area contributed by atoms with Gasteiger partial charge >= 0.3 is 0 Å². The van der Waals surface area contributed by atoms with Gasteiger partial charge in [0.05, 0.1) is 33.2 Å². The lowest BCUT2D eigenvalue weighted by atomic mass is 10.1. The molecule has 1 aliphatic rings. The van der Waals surface area contributed by atoms with Crippen molar-refractivity contribution in [2.75, 3.05) is 4.90 Å². The summed E-state index contributed by atoms with van der Waals surface area (Å²) in [5.74, 6) is 0.342. The number of thioether (sulfide) groups is 1. The highest BCUT2D eigenvalue weighted by atomic mass is 35.5. The summed E-state index contributed by atoms with van der Waals surface area (Å²) >= 11 is 13.7. The number of hydrogen-bond acceptors (Lipinski definition) is 4. The first-order valence-corrected chi connectivity index (χ1v) is 10.9. The van der Waals surface area contributed by atoms with Crippen LogP contribution in [0.5, 0.6) is 0 Å². The summed E-state index contributed by atoms with van der Waals surface area (Å²) in [6.07, 6.45) is 1.57. The van der Waals surface area contributed by atoms with Gasteiger partial charge in [-0.3, -0.25) is 9.59 Å². The Labute approximate surface area is 188 Å².